The first-order valence-electron chi connectivity index (χ1n) is 6.05. The quantitative estimate of drug-likeness (QED) is 0.766. The van der Waals surface area contributed by atoms with Crippen LogP contribution in [0, 0.1) is 0 Å². The molecule has 0 bridgehead atoms. The topological polar surface area (TPSA) is 50.2 Å². The fraction of sp³-hybridized carbons (Fsp3) is 0.667. The van der Waals surface area contributed by atoms with Crippen molar-refractivity contribution < 1.29 is 4.79 Å². The summed E-state index contributed by atoms with van der Waals surface area (Å²) in [5.41, 5.74) is 1.05. The van der Waals surface area contributed by atoms with Crippen LogP contribution in [0.15, 0.2) is 12.5 Å². The summed E-state index contributed by atoms with van der Waals surface area (Å²) in [5, 5.41) is 3.23. The van der Waals surface area contributed by atoms with Gasteiger partial charge in [-0.15, -0.1) is 0 Å². The van der Waals surface area contributed by atoms with Gasteiger partial charge in [-0.25, -0.2) is 4.98 Å². The summed E-state index contributed by atoms with van der Waals surface area (Å²) in [7, 11) is 3.57. The molecule has 0 radical (unpaired) electrons. The second-order valence-corrected chi connectivity index (χ2v) is 4.27. The molecule has 0 aliphatic rings. The number of hydrogen-bond acceptors (Lipinski definition) is 3. The maximum Gasteiger partial charge on any atom is 0.222 e. The number of aromatic nitrogens is 2. The zero-order chi connectivity index (χ0) is 12.7. The first-order chi connectivity index (χ1) is 8.13. The second kappa shape index (κ2) is 7.06. The van der Waals surface area contributed by atoms with Crippen LogP contribution in [0.2, 0.25) is 0 Å². The van der Waals surface area contributed by atoms with E-state index >= 15 is 0 Å². The molecule has 0 fully saturated rings. The number of carbonyl (C=O) groups is 1. The van der Waals surface area contributed by atoms with Crippen molar-refractivity contribution in [3.63, 3.8) is 0 Å². The Bertz CT molecular complexity index is 346. The molecule has 0 atom stereocenters. The van der Waals surface area contributed by atoms with Gasteiger partial charge in [0.15, 0.2) is 0 Å². The van der Waals surface area contributed by atoms with Gasteiger partial charge in [-0.2, -0.15) is 0 Å². The van der Waals surface area contributed by atoms with Crippen LogP contribution in [-0.2, 0) is 17.9 Å². The third kappa shape index (κ3) is 4.99. The molecule has 96 valence electrons. The average molecular weight is 238 g/mol. The first-order valence-corrected chi connectivity index (χ1v) is 6.05. The molecule has 5 nitrogen and oxygen atoms in total. The van der Waals surface area contributed by atoms with Crippen LogP contribution in [0.4, 0.5) is 0 Å². The molecule has 1 aromatic heterocycles. The minimum Gasteiger partial charge on any atom is -0.349 e. The van der Waals surface area contributed by atoms with E-state index in [4.69, 9.17) is 0 Å². The fourth-order valence-electron chi connectivity index (χ4n) is 1.51. The highest BCUT2D eigenvalue weighted by Crippen LogP contribution is 2.01. The summed E-state index contributed by atoms with van der Waals surface area (Å²) < 4.78 is 2.04. The highest BCUT2D eigenvalue weighted by Gasteiger charge is 2.03. The van der Waals surface area contributed by atoms with Crippen LogP contribution in [0.5, 0.6) is 0 Å². The maximum atomic E-state index is 11.4. The van der Waals surface area contributed by atoms with Gasteiger partial charge in [-0.05, 0) is 13.0 Å². The summed E-state index contributed by atoms with van der Waals surface area (Å²) in [6.45, 7) is 4.67. The van der Waals surface area contributed by atoms with Gasteiger partial charge in [0.1, 0.15) is 0 Å². The minimum absolute atomic E-state index is 0.179. The van der Waals surface area contributed by atoms with Gasteiger partial charge in [0.05, 0.1) is 12.0 Å². The Labute approximate surface area is 103 Å². The van der Waals surface area contributed by atoms with Crippen LogP contribution >= 0.6 is 0 Å². The average Bonchev–Trinajstić information content (AvgIpc) is 2.74. The van der Waals surface area contributed by atoms with Crippen LogP contribution < -0.4 is 5.32 Å². The number of aryl methyl sites for hydroxylation is 1. The van der Waals surface area contributed by atoms with Gasteiger partial charge in [-0.1, -0.05) is 6.92 Å². The third-order valence-electron chi connectivity index (χ3n) is 2.55. The SMILES string of the molecule is CCNCc1cn(CCCC(=O)N(C)C)cn1. The Kier molecular flexibility index (Phi) is 5.69. The second-order valence-electron chi connectivity index (χ2n) is 4.27. The molecule has 0 unspecified atom stereocenters. The van der Waals surface area contributed by atoms with E-state index in [1.165, 1.54) is 0 Å². The molecular weight excluding hydrogens is 216 g/mol. The van der Waals surface area contributed by atoms with Crippen molar-refractivity contribution in [2.75, 3.05) is 20.6 Å². The number of amides is 1. The summed E-state index contributed by atoms with van der Waals surface area (Å²) in [5.74, 6) is 0.179. The van der Waals surface area contributed by atoms with Gasteiger partial charge >= 0.3 is 0 Å². The molecule has 0 saturated carbocycles. The van der Waals surface area contributed by atoms with Crippen molar-refractivity contribution in [1.82, 2.24) is 19.8 Å². The molecule has 1 amide bonds. The molecule has 0 aliphatic heterocycles. The number of imidazole rings is 1. The van der Waals surface area contributed by atoms with E-state index < -0.39 is 0 Å². The van der Waals surface area contributed by atoms with Crippen molar-refractivity contribution in [2.45, 2.75) is 32.9 Å². The normalized spacial score (nSPS) is 10.5. The van der Waals surface area contributed by atoms with E-state index in [1.54, 1.807) is 19.0 Å². The molecule has 1 heterocycles. The zero-order valence-electron chi connectivity index (χ0n) is 10.9. The molecule has 0 aromatic carbocycles. The van der Waals surface area contributed by atoms with E-state index in [0.29, 0.717) is 6.42 Å². The van der Waals surface area contributed by atoms with Gasteiger partial charge in [0.25, 0.3) is 0 Å². The van der Waals surface area contributed by atoms with Gasteiger partial charge < -0.3 is 14.8 Å². The van der Waals surface area contributed by atoms with Gasteiger partial charge in [0.2, 0.25) is 5.91 Å². The van der Waals surface area contributed by atoms with Crippen LogP contribution in [0.3, 0.4) is 0 Å². The zero-order valence-corrected chi connectivity index (χ0v) is 10.9. The lowest BCUT2D eigenvalue weighted by molar-refractivity contribution is -0.128. The van der Waals surface area contributed by atoms with E-state index in [2.05, 4.69) is 17.2 Å². The van der Waals surface area contributed by atoms with Crippen molar-refractivity contribution in [3.05, 3.63) is 18.2 Å². The van der Waals surface area contributed by atoms with E-state index in [1.807, 2.05) is 17.1 Å². The first kappa shape index (κ1) is 13.7. The molecule has 0 saturated heterocycles. The number of carbonyl (C=O) groups excluding carboxylic acids is 1. The Balaban J connectivity index is 2.27. The molecular formula is C12H22N4O. The summed E-state index contributed by atoms with van der Waals surface area (Å²) in [4.78, 5) is 17.3. The van der Waals surface area contributed by atoms with Crippen molar-refractivity contribution in [2.24, 2.45) is 0 Å². The number of nitrogens with one attached hydrogen (secondary N) is 1. The predicted octanol–water partition coefficient (Wildman–Crippen LogP) is 0.861. The highest BCUT2D eigenvalue weighted by molar-refractivity contribution is 5.75. The predicted molar refractivity (Wildman–Crippen MR) is 67.5 cm³/mol. The molecule has 1 N–H and O–H groups in total. The van der Waals surface area contributed by atoms with Crippen molar-refractivity contribution in [1.29, 1.82) is 0 Å². The summed E-state index contributed by atoms with van der Waals surface area (Å²) >= 11 is 0. The molecule has 0 aliphatic carbocycles. The molecule has 17 heavy (non-hydrogen) atoms. The summed E-state index contributed by atoms with van der Waals surface area (Å²) in [6.07, 6.45) is 5.30. The monoisotopic (exact) mass is 238 g/mol. The number of hydrogen-bond donors (Lipinski definition) is 1. The third-order valence-corrected chi connectivity index (χ3v) is 2.55. The van der Waals surface area contributed by atoms with Gasteiger partial charge in [-0.3, -0.25) is 4.79 Å². The van der Waals surface area contributed by atoms with E-state index in [-0.39, 0.29) is 5.91 Å². The Morgan fingerprint density at radius 3 is 2.94 bits per heavy atom. The standard InChI is InChI=1S/C12H22N4O/c1-4-13-8-11-9-16(10-14-11)7-5-6-12(17)15(2)3/h9-10,13H,4-8H2,1-3H3. The minimum atomic E-state index is 0.179. The van der Waals surface area contributed by atoms with E-state index in [0.717, 1.165) is 31.7 Å². The Morgan fingerprint density at radius 2 is 2.29 bits per heavy atom. The summed E-state index contributed by atoms with van der Waals surface area (Å²) in [6, 6.07) is 0. The molecule has 1 aromatic rings. The van der Waals surface area contributed by atoms with Crippen molar-refractivity contribution >= 4 is 5.91 Å². The Morgan fingerprint density at radius 1 is 1.53 bits per heavy atom. The van der Waals surface area contributed by atoms with Crippen LogP contribution in [0.1, 0.15) is 25.5 Å². The van der Waals surface area contributed by atoms with Crippen LogP contribution in [0.25, 0.3) is 0 Å². The highest BCUT2D eigenvalue weighted by atomic mass is 16.2. The molecule has 5 heteroatoms. The fourth-order valence-corrected chi connectivity index (χ4v) is 1.51. The van der Waals surface area contributed by atoms with Crippen molar-refractivity contribution in [3.8, 4) is 0 Å². The molecule has 0 spiro atoms. The number of nitrogens with zero attached hydrogens (tertiary/aromatic N) is 3. The largest absolute Gasteiger partial charge is 0.349 e. The molecule has 1 rings (SSSR count). The lowest BCUT2D eigenvalue weighted by Crippen LogP contribution is -2.21. The Hall–Kier alpha value is -1.36. The number of rotatable bonds is 7. The maximum absolute atomic E-state index is 11.4. The lowest BCUT2D eigenvalue weighted by Gasteiger charge is -2.09. The smallest absolute Gasteiger partial charge is 0.222 e. The van der Waals surface area contributed by atoms with Gasteiger partial charge in [0, 0.05) is 39.8 Å². The lowest BCUT2D eigenvalue weighted by atomic mass is 10.3. The van der Waals surface area contributed by atoms with E-state index in [9.17, 15) is 4.79 Å². The van der Waals surface area contributed by atoms with Crippen LogP contribution in [-0.4, -0.2) is 41.0 Å².